The number of pyridine rings is 1. The van der Waals surface area contributed by atoms with Gasteiger partial charge in [-0.05, 0) is 12.1 Å². The molecule has 3 aliphatic rings. The summed E-state index contributed by atoms with van der Waals surface area (Å²) >= 11 is 0. The predicted molar refractivity (Wildman–Crippen MR) is 89.0 cm³/mol. The summed E-state index contributed by atoms with van der Waals surface area (Å²) in [4.78, 5) is 18.4. The van der Waals surface area contributed by atoms with Gasteiger partial charge in [-0.1, -0.05) is 6.08 Å². The van der Waals surface area contributed by atoms with Crippen LogP contribution in [0.1, 0.15) is 6.42 Å². The van der Waals surface area contributed by atoms with Crippen LogP contribution in [-0.4, -0.2) is 41.3 Å². The second-order valence-corrected chi connectivity index (χ2v) is 6.30. The summed E-state index contributed by atoms with van der Waals surface area (Å²) in [6.07, 6.45) is 9.91. The van der Waals surface area contributed by atoms with Crippen molar-refractivity contribution in [3.63, 3.8) is 0 Å². The molecule has 2 atom stereocenters. The number of hydrogen-bond donors (Lipinski definition) is 0. The van der Waals surface area contributed by atoms with E-state index in [0.29, 0.717) is 26.2 Å². The van der Waals surface area contributed by atoms with E-state index in [9.17, 15) is 4.79 Å². The Bertz CT molecular complexity index is 901. The van der Waals surface area contributed by atoms with Crippen molar-refractivity contribution in [2.75, 3.05) is 24.7 Å². The number of fused-ring (bicyclic) bond motifs is 1. The van der Waals surface area contributed by atoms with Gasteiger partial charge in [-0.3, -0.25) is 4.90 Å². The van der Waals surface area contributed by atoms with E-state index in [-0.39, 0.29) is 18.1 Å². The molecule has 1 amide bonds. The van der Waals surface area contributed by atoms with E-state index >= 15 is 0 Å². The standard InChI is InChI=1S/C18H17N3O4/c22-18-21(13-3-5-20-6-4-19-17(20)10-13)14(11-25-18)12-1-2-15-16(9-12)24-8-7-23-15/h1-6,10,12,14H,7-9,11H2/t12?,14-/m1/s1. The van der Waals surface area contributed by atoms with Gasteiger partial charge in [0.2, 0.25) is 0 Å². The van der Waals surface area contributed by atoms with Crippen LogP contribution in [0.5, 0.6) is 0 Å². The molecule has 1 saturated heterocycles. The maximum Gasteiger partial charge on any atom is 0.414 e. The first kappa shape index (κ1) is 14.4. The molecule has 4 heterocycles. The highest BCUT2D eigenvalue weighted by Crippen LogP contribution is 2.35. The second-order valence-electron chi connectivity index (χ2n) is 6.30. The molecule has 128 valence electrons. The van der Waals surface area contributed by atoms with Crippen molar-refractivity contribution < 1.29 is 19.0 Å². The number of cyclic esters (lactones) is 1. The number of carbonyl (C=O) groups excluding carboxylic acids is 1. The van der Waals surface area contributed by atoms with E-state index in [4.69, 9.17) is 14.2 Å². The van der Waals surface area contributed by atoms with Crippen molar-refractivity contribution in [1.82, 2.24) is 9.38 Å². The van der Waals surface area contributed by atoms with Crippen LogP contribution >= 0.6 is 0 Å². The Morgan fingerprint density at radius 3 is 3.04 bits per heavy atom. The zero-order valence-electron chi connectivity index (χ0n) is 13.5. The van der Waals surface area contributed by atoms with E-state index < -0.39 is 0 Å². The van der Waals surface area contributed by atoms with Gasteiger partial charge in [0.1, 0.15) is 31.2 Å². The Balaban J connectivity index is 1.45. The molecular formula is C18H17N3O4. The summed E-state index contributed by atoms with van der Waals surface area (Å²) in [6, 6.07) is 3.73. The van der Waals surface area contributed by atoms with E-state index in [0.717, 1.165) is 22.9 Å². The SMILES string of the molecule is O=C1OC[C@H](C2C=CC3=C(C2)OCCO3)N1c1ccn2ccnc2c1. The Labute approximate surface area is 144 Å². The van der Waals surface area contributed by atoms with Gasteiger partial charge in [0, 0.05) is 37.0 Å². The van der Waals surface area contributed by atoms with Gasteiger partial charge in [0.25, 0.3) is 0 Å². The fraction of sp³-hybridized carbons (Fsp3) is 0.333. The molecule has 7 heteroatoms. The van der Waals surface area contributed by atoms with Gasteiger partial charge >= 0.3 is 6.09 Å². The first-order chi connectivity index (χ1) is 12.3. The fourth-order valence-electron chi connectivity index (χ4n) is 3.62. The molecule has 7 nitrogen and oxygen atoms in total. The van der Waals surface area contributed by atoms with Crippen LogP contribution in [0.2, 0.25) is 0 Å². The van der Waals surface area contributed by atoms with E-state index in [2.05, 4.69) is 11.1 Å². The molecule has 0 aromatic carbocycles. The van der Waals surface area contributed by atoms with Crippen LogP contribution < -0.4 is 4.90 Å². The van der Waals surface area contributed by atoms with Crippen molar-refractivity contribution in [3.8, 4) is 0 Å². The topological polar surface area (TPSA) is 65.3 Å². The van der Waals surface area contributed by atoms with Crippen molar-refractivity contribution in [3.05, 3.63) is 54.4 Å². The van der Waals surface area contributed by atoms with E-state index in [1.165, 1.54) is 0 Å². The highest BCUT2D eigenvalue weighted by atomic mass is 16.6. The molecule has 0 bridgehead atoms. The van der Waals surface area contributed by atoms with Crippen molar-refractivity contribution in [1.29, 1.82) is 0 Å². The monoisotopic (exact) mass is 339 g/mol. The number of hydrogen-bond acceptors (Lipinski definition) is 5. The number of ether oxygens (including phenoxy) is 3. The number of rotatable bonds is 2. The first-order valence-electron chi connectivity index (χ1n) is 8.35. The number of carbonyl (C=O) groups is 1. The Morgan fingerprint density at radius 2 is 2.08 bits per heavy atom. The maximum absolute atomic E-state index is 12.4. The molecule has 2 aliphatic heterocycles. The number of amides is 1. The number of allylic oxidation sites excluding steroid dienone is 2. The molecule has 5 rings (SSSR count). The quantitative estimate of drug-likeness (QED) is 0.841. The summed E-state index contributed by atoms with van der Waals surface area (Å²) in [5.41, 5.74) is 1.59. The zero-order valence-corrected chi connectivity index (χ0v) is 13.5. The van der Waals surface area contributed by atoms with Crippen LogP contribution in [0.25, 0.3) is 5.65 Å². The Morgan fingerprint density at radius 1 is 1.16 bits per heavy atom. The van der Waals surface area contributed by atoms with Gasteiger partial charge < -0.3 is 18.6 Å². The van der Waals surface area contributed by atoms with Crippen molar-refractivity contribution in [2.24, 2.45) is 5.92 Å². The number of aromatic nitrogens is 2. The summed E-state index contributed by atoms with van der Waals surface area (Å²) in [5, 5.41) is 0. The largest absolute Gasteiger partial charge is 0.490 e. The third-order valence-corrected chi connectivity index (χ3v) is 4.87. The predicted octanol–water partition coefficient (Wildman–Crippen LogP) is 2.49. The van der Waals surface area contributed by atoms with E-state index in [1.807, 2.05) is 35.0 Å². The lowest BCUT2D eigenvalue weighted by Crippen LogP contribution is -2.39. The van der Waals surface area contributed by atoms with E-state index in [1.54, 1.807) is 11.1 Å². The highest BCUT2D eigenvalue weighted by molar-refractivity contribution is 5.91. The smallest absolute Gasteiger partial charge is 0.414 e. The van der Waals surface area contributed by atoms with Gasteiger partial charge in [-0.25, -0.2) is 9.78 Å². The summed E-state index contributed by atoms with van der Waals surface area (Å²) in [5.74, 6) is 1.78. The summed E-state index contributed by atoms with van der Waals surface area (Å²) in [7, 11) is 0. The van der Waals surface area contributed by atoms with Crippen LogP contribution in [-0.2, 0) is 14.2 Å². The molecule has 1 aliphatic carbocycles. The number of imidazole rings is 1. The number of anilines is 1. The lowest BCUT2D eigenvalue weighted by atomic mass is 9.90. The molecule has 2 aromatic rings. The molecule has 0 N–H and O–H groups in total. The average molecular weight is 339 g/mol. The van der Waals surface area contributed by atoms with Gasteiger partial charge in [0.05, 0.1) is 11.7 Å². The fourth-order valence-corrected chi connectivity index (χ4v) is 3.62. The van der Waals surface area contributed by atoms with Gasteiger partial charge in [-0.2, -0.15) is 0 Å². The third-order valence-electron chi connectivity index (χ3n) is 4.87. The van der Waals surface area contributed by atoms with Gasteiger partial charge in [-0.15, -0.1) is 0 Å². The second kappa shape index (κ2) is 5.54. The zero-order chi connectivity index (χ0) is 16.8. The van der Waals surface area contributed by atoms with Crippen molar-refractivity contribution in [2.45, 2.75) is 12.5 Å². The average Bonchev–Trinajstić information content (AvgIpc) is 3.27. The van der Waals surface area contributed by atoms with Crippen LogP contribution in [0.15, 0.2) is 54.4 Å². The lowest BCUT2D eigenvalue weighted by Gasteiger charge is -2.31. The Hall–Kier alpha value is -2.96. The molecule has 0 saturated carbocycles. The maximum atomic E-state index is 12.4. The molecular weight excluding hydrogens is 322 g/mol. The normalized spacial score (nSPS) is 25.6. The highest BCUT2D eigenvalue weighted by Gasteiger charge is 2.40. The molecule has 1 unspecified atom stereocenters. The van der Waals surface area contributed by atoms with Crippen LogP contribution in [0, 0.1) is 5.92 Å². The molecule has 25 heavy (non-hydrogen) atoms. The third kappa shape index (κ3) is 2.34. The summed E-state index contributed by atoms with van der Waals surface area (Å²) in [6.45, 7) is 1.51. The minimum absolute atomic E-state index is 0.0826. The molecule has 0 spiro atoms. The molecule has 2 aromatic heterocycles. The minimum atomic E-state index is -0.324. The lowest BCUT2D eigenvalue weighted by molar-refractivity contribution is 0.0580. The van der Waals surface area contributed by atoms with Crippen LogP contribution in [0.3, 0.4) is 0 Å². The Kier molecular flexibility index (Phi) is 3.19. The van der Waals surface area contributed by atoms with Crippen LogP contribution in [0.4, 0.5) is 10.5 Å². The first-order valence-corrected chi connectivity index (χ1v) is 8.35. The van der Waals surface area contributed by atoms with Gasteiger partial charge in [0.15, 0.2) is 5.76 Å². The summed E-state index contributed by atoms with van der Waals surface area (Å²) < 4.78 is 18.6. The van der Waals surface area contributed by atoms with Crippen molar-refractivity contribution >= 4 is 17.4 Å². The number of nitrogens with zero attached hydrogens (tertiary/aromatic N) is 3. The minimum Gasteiger partial charge on any atom is -0.490 e. The molecule has 1 fully saturated rings. The molecule has 0 radical (unpaired) electrons.